The van der Waals surface area contributed by atoms with Gasteiger partial charge >= 0.3 is 5.97 Å². The molecule has 0 atom stereocenters. The molecule has 0 saturated heterocycles. The second-order valence-corrected chi connectivity index (χ2v) is 5.39. The van der Waals surface area contributed by atoms with Crippen LogP contribution in [0.4, 0.5) is 5.00 Å². The number of nitrogens with one attached hydrogen (secondary N) is 1. The van der Waals surface area contributed by atoms with E-state index < -0.39 is 11.9 Å². The molecule has 20 heavy (non-hydrogen) atoms. The molecule has 1 heterocycles. The number of carboxylic acid groups (broad SMARTS) is 1. The maximum Gasteiger partial charge on any atom is 0.340 e. The second kappa shape index (κ2) is 5.78. The third-order valence-electron chi connectivity index (χ3n) is 2.50. The van der Waals surface area contributed by atoms with Crippen molar-refractivity contribution in [2.75, 3.05) is 5.32 Å². The van der Waals surface area contributed by atoms with E-state index in [9.17, 15) is 9.59 Å². The van der Waals surface area contributed by atoms with Gasteiger partial charge in [-0.1, -0.05) is 29.3 Å². The summed E-state index contributed by atoms with van der Waals surface area (Å²) in [7, 11) is 0. The maximum absolute atomic E-state index is 12.1. The predicted octanol–water partition coefficient (Wildman–Crippen LogP) is 3.71. The Morgan fingerprint density at radius 1 is 1.35 bits per heavy atom. The summed E-state index contributed by atoms with van der Waals surface area (Å²) in [5.74, 6) is -1.69. The molecule has 0 aliphatic rings. The van der Waals surface area contributed by atoms with Gasteiger partial charge in [0.2, 0.25) is 0 Å². The first-order valence-corrected chi connectivity index (χ1v) is 6.89. The molecule has 0 fully saturated rings. The van der Waals surface area contributed by atoms with Gasteiger partial charge < -0.3 is 10.4 Å². The molecule has 0 aliphatic carbocycles. The van der Waals surface area contributed by atoms with Gasteiger partial charge in [0.05, 0.1) is 21.3 Å². The van der Waals surface area contributed by atoms with E-state index in [1.807, 2.05) is 0 Å². The lowest BCUT2D eigenvalue weighted by atomic mass is 10.2. The van der Waals surface area contributed by atoms with Crippen molar-refractivity contribution in [2.24, 2.45) is 0 Å². The summed E-state index contributed by atoms with van der Waals surface area (Å²) in [5.41, 5.74) is 0.484. The zero-order valence-electron chi connectivity index (χ0n) is 10.1. The van der Waals surface area contributed by atoms with Crippen LogP contribution < -0.4 is 5.32 Å². The van der Waals surface area contributed by atoms with E-state index in [1.165, 1.54) is 6.07 Å². The first-order valence-electron chi connectivity index (χ1n) is 5.36. The van der Waals surface area contributed by atoms with Gasteiger partial charge in [-0.15, -0.1) is 0 Å². The fraction of sp³-hybridized carbons (Fsp3) is 0.0833. The average molecular weight is 331 g/mol. The molecule has 1 aromatic carbocycles. The number of hydrogen-bond acceptors (Lipinski definition) is 4. The van der Waals surface area contributed by atoms with Gasteiger partial charge in [0.15, 0.2) is 0 Å². The molecule has 0 aliphatic heterocycles. The highest BCUT2D eigenvalue weighted by molar-refractivity contribution is 7.11. The summed E-state index contributed by atoms with van der Waals surface area (Å²) in [6.07, 6.45) is 0. The van der Waals surface area contributed by atoms with Gasteiger partial charge in [0.25, 0.3) is 5.91 Å². The minimum Gasteiger partial charge on any atom is -0.478 e. The lowest BCUT2D eigenvalue weighted by Gasteiger charge is -2.06. The van der Waals surface area contributed by atoms with Gasteiger partial charge in [-0.25, -0.2) is 4.79 Å². The smallest absolute Gasteiger partial charge is 0.340 e. The van der Waals surface area contributed by atoms with E-state index in [1.54, 1.807) is 19.1 Å². The van der Waals surface area contributed by atoms with Crippen LogP contribution in [0.1, 0.15) is 26.4 Å². The molecule has 5 nitrogen and oxygen atoms in total. The first-order chi connectivity index (χ1) is 9.41. The van der Waals surface area contributed by atoms with Crippen molar-refractivity contribution in [1.82, 2.24) is 4.37 Å². The Kier molecular flexibility index (Phi) is 4.27. The number of carbonyl (C=O) groups is 2. The lowest BCUT2D eigenvalue weighted by molar-refractivity contribution is 0.0697. The molecular formula is C12H8Cl2N2O3S. The summed E-state index contributed by atoms with van der Waals surface area (Å²) < 4.78 is 3.91. The van der Waals surface area contributed by atoms with Crippen molar-refractivity contribution in [1.29, 1.82) is 0 Å². The molecule has 104 valence electrons. The van der Waals surface area contributed by atoms with Crippen LogP contribution in [0.3, 0.4) is 0 Å². The molecule has 2 aromatic rings. The third-order valence-corrected chi connectivity index (χ3v) is 4.17. The number of anilines is 1. The van der Waals surface area contributed by atoms with Crippen molar-refractivity contribution < 1.29 is 14.7 Å². The number of halogens is 2. The Morgan fingerprint density at radius 2 is 2.05 bits per heavy atom. The molecule has 0 unspecified atom stereocenters. The van der Waals surface area contributed by atoms with Crippen molar-refractivity contribution in [3.8, 4) is 0 Å². The van der Waals surface area contributed by atoms with Gasteiger partial charge in [-0.3, -0.25) is 4.79 Å². The van der Waals surface area contributed by atoms with Crippen molar-refractivity contribution in [3.05, 3.63) is 45.1 Å². The van der Waals surface area contributed by atoms with Crippen molar-refractivity contribution in [2.45, 2.75) is 6.92 Å². The standard InChI is InChI=1S/C12H8Cl2N2O3S/c1-5-8(12(18)19)11(20-16-5)15-10(17)6-3-2-4-7(13)9(6)14/h2-4H,1H3,(H,15,17)(H,18,19). The van der Waals surface area contributed by atoms with Crippen LogP contribution in [0.2, 0.25) is 10.0 Å². The number of aromatic nitrogens is 1. The Balaban J connectivity index is 2.33. The number of amides is 1. The fourth-order valence-corrected chi connectivity index (χ4v) is 2.73. The molecule has 8 heteroatoms. The number of rotatable bonds is 3. The van der Waals surface area contributed by atoms with Crippen LogP contribution in [0, 0.1) is 6.92 Å². The summed E-state index contributed by atoms with van der Waals surface area (Å²) >= 11 is 12.7. The number of hydrogen-bond donors (Lipinski definition) is 2. The SMILES string of the molecule is Cc1nsc(NC(=O)c2cccc(Cl)c2Cl)c1C(=O)O. The normalized spacial score (nSPS) is 10.3. The monoisotopic (exact) mass is 330 g/mol. The summed E-state index contributed by atoms with van der Waals surface area (Å²) in [5, 5.41) is 12.1. The van der Waals surface area contributed by atoms with E-state index in [0.717, 1.165) is 11.5 Å². The molecule has 0 saturated carbocycles. The molecule has 0 radical (unpaired) electrons. The van der Waals surface area contributed by atoms with E-state index in [-0.39, 0.29) is 26.2 Å². The number of aromatic carboxylic acids is 1. The highest BCUT2D eigenvalue weighted by Crippen LogP contribution is 2.28. The molecule has 1 amide bonds. The summed E-state index contributed by atoms with van der Waals surface area (Å²) in [6.45, 7) is 1.56. The maximum atomic E-state index is 12.1. The van der Waals surface area contributed by atoms with Crippen molar-refractivity contribution >= 4 is 51.6 Å². The number of nitrogens with zero attached hydrogens (tertiary/aromatic N) is 1. The van der Waals surface area contributed by atoms with E-state index in [2.05, 4.69) is 9.69 Å². The fourth-order valence-electron chi connectivity index (χ4n) is 1.56. The van der Waals surface area contributed by atoms with Gasteiger partial charge in [-0.05, 0) is 30.6 Å². The number of benzene rings is 1. The number of carboxylic acids is 1. The summed E-state index contributed by atoms with van der Waals surface area (Å²) in [4.78, 5) is 23.2. The zero-order chi connectivity index (χ0) is 14.9. The van der Waals surface area contributed by atoms with Crippen LogP contribution in [0.25, 0.3) is 0 Å². The molecule has 2 N–H and O–H groups in total. The number of aryl methyl sites for hydroxylation is 1. The molecule has 0 bridgehead atoms. The Bertz CT molecular complexity index is 700. The predicted molar refractivity (Wildman–Crippen MR) is 78.2 cm³/mol. The van der Waals surface area contributed by atoms with E-state index in [0.29, 0.717) is 5.69 Å². The molecule has 2 rings (SSSR count). The minimum atomic E-state index is -1.15. The molecule has 1 aromatic heterocycles. The quantitative estimate of drug-likeness (QED) is 0.899. The van der Waals surface area contributed by atoms with Gasteiger partial charge in [0, 0.05) is 0 Å². The molecule has 0 spiro atoms. The third kappa shape index (κ3) is 2.77. The van der Waals surface area contributed by atoms with E-state index >= 15 is 0 Å². The Labute approximate surface area is 128 Å². The van der Waals surface area contributed by atoms with Gasteiger partial charge in [0.1, 0.15) is 10.6 Å². The number of carbonyl (C=O) groups excluding carboxylic acids is 1. The van der Waals surface area contributed by atoms with Gasteiger partial charge in [-0.2, -0.15) is 4.37 Å². The van der Waals surface area contributed by atoms with Crippen molar-refractivity contribution in [3.63, 3.8) is 0 Å². The van der Waals surface area contributed by atoms with Crippen LogP contribution in [-0.2, 0) is 0 Å². The highest BCUT2D eigenvalue weighted by atomic mass is 35.5. The molecular weight excluding hydrogens is 323 g/mol. The largest absolute Gasteiger partial charge is 0.478 e. The zero-order valence-corrected chi connectivity index (χ0v) is 12.4. The van der Waals surface area contributed by atoms with Crippen LogP contribution >= 0.6 is 34.7 Å². The summed E-state index contributed by atoms with van der Waals surface area (Å²) in [6, 6.07) is 4.64. The Morgan fingerprint density at radius 3 is 2.70 bits per heavy atom. The topological polar surface area (TPSA) is 79.3 Å². The minimum absolute atomic E-state index is 0.0264. The van der Waals surface area contributed by atoms with Crippen LogP contribution in [0.15, 0.2) is 18.2 Å². The second-order valence-electron chi connectivity index (χ2n) is 3.83. The lowest BCUT2D eigenvalue weighted by Crippen LogP contribution is -2.14. The highest BCUT2D eigenvalue weighted by Gasteiger charge is 2.21. The van der Waals surface area contributed by atoms with E-state index in [4.69, 9.17) is 28.3 Å². The Hall–Kier alpha value is -1.63. The average Bonchev–Trinajstić information content (AvgIpc) is 2.73. The first kappa shape index (κ1) is 14.8. The van der Waals surface area contributed by atoms with Crippen LogP contribution in [-0.4, -0.2) is 21.4 Å². The van der Waals surface area contributed by atoms with Crippen LogP contribution in [0.5, 0.6) is 0 Å².